The largest absolute Gasteiger partial charge is 0.309 e. The first kappa shape index (κ1) is 14.8. The zero-order valence-electron chi connectivity index (χ0n) is 13.4. The van der Waals surface area contributed by atoms with Gasteiger partial charge in [0, 0.05) is 12.1 Å². The SMILES string of the molecule is C=C1Cc2ccc(C)cc2C(C)C2=C1/C(=C/C=C\C=N)CC2. The summed E-state index contributed by atoms with van der Waals surface area (Å²) in [6.07, 6.45) is 10.4. The molecule has 0 saturated heterocycles. The maximum atomic E-state index is 7.10. The van der Waals surface area contributed by atoms with Gasteiger partial charge in [-0.1, -0.05) is 55.0 Å². The summed E-state index contributed by atoms with van der Waals surface area (Å²) < 4.78 is 0. The van der Waals surface area contributed by atoms with Crippen molar-refractivity contribution in [3.63, 3.8) is 0 Å². The van der Waals surface area contributed by atoms with E-state index in [1.54, 1.807) is 11.6 Å². The lowest BCUT2D eigenvalue weighted by molar-refractivity contribution is 0.824. The van der Waals surface area contributed by atoms with E-state index in [1.807, 2.05) is 6.08 Å². The highest BCUT2D eigenvalue weighted by Gasteiger charge is 2.29. The fourth-order valence-electron chi connectivity index (χ4n) is 3.79. The monoisotopic (exact) mass is 289 g/mol. The molecule has 0 aromatic heterocycles. The van der Waals surface area contributed by atoms with Gasteiger partial charge in [0.25, 0.3) is 0 Å². The van der Waals surface area contributed by atoms with Gasteiger partial charge in [-0.05, 0) is 60.1 Å². The quantitative estimate of drug-likeness (QED) is 0.702. The summed E-state index contributed by atoms with van der Waals surface area (Å²) >= 11 is 0. The molecule has 0 fully saturated rings. The van der Waals surface area contributed by atoms with E-state index < -0.39 is 0 Å². The van der Waals surface area contributed by atoms with Crippen molar-refractivity contribution in [2.45, 2.75) is 39.0 Å². The van der Waals surface area contributed by atoms with Crippen LogP contribution in [0.25, 0.3) is 0 Å². The normalized spacial score (nSPS) is 22.9. The molecule has 112 valence electrons. The number of allylic oxidation sites excluding steroid dienone is 7. The molecule has 0 aliphatic heterocycles. The minimum atomic E-state index is 0.474. The molecule has 3 rings (SSSR count). The van der Waals surface area contributed by atoms with Crippen molar-refractivity contribution in [3.8, 4) is 0 Å². The first-order chi connectivity index (χ1) is 10.6. The second-order valence-electron chi connectivity index (χ2n) is 6.35. The van der Waals surface area contributed by atoms with Gasteiger partial charge in [0.15, 0.2) is 0 Å². The summed E-state index contributed by atoms with van der Waals surface area (Å²) in [6.45, 7) is 8.89. The summed E-state index contributed by atoms with van der Waals surface area (Å²) in [5.74, 6) is 0.474. The van der Waals surface area contributed by atoms with E-state index in [2.05, 4.69) is 44.7 Å². The predicted octanol–water partition coefficient (Wildman–Crippen LogP) is 5.43. The molecule has 2 aliphatic rings. The van der Waals surface area contributed by atoms with E-state index in [0.717, 1.165) is 19.3 Å². The molecule has 1 nitrogen and oxygen atoms in total. The highest BCUT2D eigenvalue weighted by molar-refractivity contribution is 5.68. The van der Waals surface area contributed by atoms with Crippen LogP contribution >= 0.6 is 0 Å². The summed E-state index contributed by atoms with van der Waals surface area (Å²) in [5.41, 5.74) is 9.81. The number of hydrogen-bond acceptors (Lipinski definition) is 1. The maximum Gasteiger partial charge on any atom is 0.0177 e. The second kappa shape index (κ2) is 5.92. The topological polar surface area (TPSA) is 23.9 Å². The van der Waals surface area contributed by atoms with E-state index in [9.17, 15) is 0 Å². The standard InChI is InChI=1S/C21H23N/c1-14-7-8-18-13-15(2)21-17(6-4-5-11-22)9-10-19(21)16(3)20(18)12-14/h4-8,11-12,16,22H,2,9-10,13H2,1,3H3/b5-4-,17-6+,22-11?. The van der Waals surface area contributed by atoms with Gasteiger partial charge < -0.3 is 5.41 Å². The molecule has 0 bridgehead atoms. The molecular formula is C21H23N. The van der Waals surface area contributed by atoms with Crippen molar-refractivity contribution in [2.24, 2.45) is 0 Å². The van der Waals surface area contributed by atoms with Gasteiger partial charge in [0.1, 0.15) is 0 Å². The smallest absolute Gasteiger partial charge is 0.0177 e. The van der Waals surface area contributed by atoms with Crippen molar-refractivity contribution >= 4 is 6.21 Å². The van der Waals surface area contributed by atoms with E-state index in [1.165, 1.54) is 39.6 Å². The molecule has 1 aromatic carbocycles. The molecule has 0 amide bonds. The molecule has 1 atom stereocenters. The molecule has 1 heteroatoms. The zero-order chi connectivity index (χ0) is 15.7. The Morgan fingerprint density at radius 2 is 2.05 bits per heavy atom. The van der Waals surface area contributed by atoms with Crippen LogP contribution in [0.5, 0.6) is 0 Å². The van der Waals surface area contributed by atoms with Crippen LogP contribution in [0.15, 0.2) is 65.3 Å². The van der Waals surface area contributed by atoms with Gasteiger partial charge >= 0.3 is 0 Å². The van der Waals surface area contributed by atoms with Crippen molar-refractivity contribution in [1.82, 2.24) is 0 Å². The molecule has 0 radical (unpaired) electrons. The fourth-order valence-corrected chi connectivity index (χ4v) is 3.79. The number of aryl methyl sites for hydroxylation is 1. The Morgan fingerprint density at radius 1 is 1.23 bits per heavy atom. The third-order valence-corrected chi connectivity index (χ3v) is 4.86. The molecule has 1 N–H and O–H groups in total. The van der Waals surface area contributed by atoms with Crippen LogP contribution < -0.4 is 0 Å². The van der Waals surface area contributed by atoms with Crippen LogP contribution in [-0.2, 0) is 6.42 Å². The van der Waals surface area contributed by atoms with E-state index in [0.29, 0.717) is 5.92 Å². The minimum absolute atomic E-state index is 0.474. The summed E-state index contributed by atoms with van der Waals surface area (Å²) in [6, 6.07) is 6.82. The summed E-state index contributed by atoms with van der Waals surface area (Å²) in [4.78, 5) is 0. The molecule has 0 heterocycles. The first-order valence-corrected chi connectivity index (χ1v) is 7.99. The fraction of sp³-hybridized carbons (Fsp3) is 0.286. The molecule has 0 spiro atoms. The molecule has 2 aliphatic carbocycles. The van der Waals surface area contributed by atoms with Gasteiger partial charge in [-0.25, -0.2) is 0 Å². The van der Waals surface area contributed by atoms with Gasteiger partial charge in [-0.15, -0.1) is 0 Å². The number of rotatable bonds is 2. The predicted molar refractivity (Wildman–Crippen MR) is 94.7 cm³/mol. The number of fused-ring (bicyclic) bond motifs is 1. The van der Waals surface area contributed by atoms with Crippen LogP contribution in [0.1, 0.15) is 42.4 Å². The van der Waals surface area contributed by atoms with Crippen molar-refractivity contribution in [2.75, 3.05) is 0 Å². The Balaban J connectivity index is 2.08. The molecular weight excluding hydrogens is 266 g/mol. The number of nitrogens with one attached hydrogen (secondary N) is 1. The van der Waals surface area contributed by atoms with Crippen LogP contribution in [0.3, 0.4) is 0 Å². The highest BCUT2D eigenvalue weighted by atomic mass is 14.3. The van der Waals surface area contributed by atoms with Gasteiger partial charge in [-0.3, -0.25) is 0 Å². The summed E-state index contributed by atoms with van der Waals surface area (Å²) in [5, 5.41) is 7.10. The van der Waals surface area contributed by atoms with Gasteiger partial charge in [0.2, 0.25) is 0 Å². The lowest BCUT2D eigenvalue weighted by Gasteiger charge is -2.16. The van der Waals surface area contributed by atoms with Crippen molar-refractivity contribution in [3.05, 3.63) is 82.0 Å². The van der Waals surface area contributed by atoms with Crippen LogP contribution in [0, 0.1) is 12.3 Å². The lowest BCUT2D eigenvalue weighted by atomic mass is 9.88. The highest BCUT2D eigenvalue weighted by Crippen LogP contribution is 2.46. The molecule has 1 aromatic rings. The third-order valence-electron chi connectivity index (χ3n) is 4.86. The van der Waals surface area contributed by atoms with Crippen molar-refractivity contribution in [1.29, 1.82) is 5.41 Å². The number of hydrogen-bond donors (Lipinski definition) is 1. The Hall–Kier alpha value is -2.15. The molecule has 1 unspecified atom stereocenters. The van der Waals surface area contributed by atoms with Crippen molar-refractivity contribution < 1.29 is 0 Å². The maximum absolute atomic E-state index is 7.10. The minimum Gasteiger partial charge on any atom is -0.309 e. The van der Waals surface area contributed by atoms with Crippen LogP contribution in [0.4, 0.5) is 0 Å². The zero-order valence-corrected chi connectivity index (χ0v) is 13.4. The first-order valence-electron chi connectivity index (χ1n) is 7.99. The Bertz CT molecular complexity index is 728. The van der Waals surface area contributed by atoms with Gasteiger partial charge in [-0.2, -0.15) is 0 Å². The Labute approximate surface area is 133 Å². The van der Waals surface area contributed by atoms with Crippen LogP contribution in [-0.4, -0.2) is 6.21 Å². The van der Waals surface area contributed by atoms with E-state index in [4.69, 9.17) is 5.41 Å². The van der Waals surface area contributed by atoms with Crippen LogP contribution in [0.2, 0.25) is 0 Å². The molecule has 22 heavy (non-hydrogen) atoms. The Morgan fingerprint density at radius 3 is 2.82 bits per heavy atom. The average molecular weight is 289 g/mol. The third kappa shape index (κ3) is 2.52. The molecule has 0 saturated carbocycles. The number of benzene rings is 1. The lowest BCUT2D eigenvalue weighted by Crippen LogP contribution is -2.00. The van der Waals surface area contributed by atoms with E-state index in [-0.39, 0.29) is 0 Å². The van der Waals surface area contributed by atoms with E-state index >= 15 is 0 Å². The summed E-state index contributed by atoms with van der Waals surface area (Å²) in [7, 11) is 0. The second-order valence-corrected chi connectivity index (χ2v) is 6.35. The Kier molecular flexibility index (Phi) is 3.98. The van der Waals surface area contributed by atoms with Gasteiger partial charge in [0.05, 0.1) is 0 Å². The average Bonchev–Trinajstić information content (AvgIpc) is 2.88.